The Labute approximate surface area is 108 Å². The summed E-state index contributed by atoms with van der Waals surface area (Å²) >= 11 is 0. The number of carboxylic acids is 1. The van der Waals surface area contributed by atoms with E-state index in [2.05, 4.69) is 24.5 Å². The maximum atomic E-state index is 11.6. The van der Waals surface area contributed by atoms with Gasteiger partial charge in [-0.1, -0.05) is 20.8 Å². The fourth-order valence-electron chi connectivity index (χ4n) is 1.83. The van der Waals surface area contributed by atoms with Crippen molar-refractivity contribution in [2.75, 3.05) is 13.1 Å². The van der Waals surface area contributed by atoms with Gasteiger partial charge in [0, 0.05) is 13.1 Å². The van der Waals surface area contributed by atoms with Crippen molar-refractivity contribution in [1.29, 1.82) is 0 Å². The van der Waals surface area contributed by atoms with Gasteiger partial charge in [0.25, 0.3) is 0 Å². The summed E-state index contributed by atoms with van der Waals surface area (Å²) in [6.07, 6.45) is 1.62. The van der Waals surface area contributed by atoms with E-state index in [4.69, 9.17) is 5.11 Å². The van der Waals surface area contributed by atoms with Gasteiger partial charge < -0.3 is 15.7 Å². The minimum absolute atomic E-state index is 0.152. The van der Waals surface area contributed by atoms with Crippen LogP contribution in [0.2, 0.25) is 0 Å². The highest BCUT2D eigenvalue weighted by Crippen LogP contribution is 2.50. The molecule has 5 heteroatoms. The Bertz CT molecular complexity index is 341. The van der Waals surface area contributed by atoms with Gasteiger partial charge in [0.2, 0.25) is 0 Å². The Kier molecular flexibility index (Phi) is 4.24. The summed E-state index contributed by atoms with van der Waals surface area (Å²) in [6, 6.07) is -0.279. The smallest absolute Gasteiger partial charge is 0.314 e. The maximum absolute atomic E-state index is 11.6. The molecule has 1 saturated carbocycles. The van der Waals surface area contributed by atoms with Gasteiger partial charge in [0.15, 0.2) is 0 Å². The second kappa shape index (κ2) is 5.16. The molecule has 1 rings (SSSR count). The highest BCUT2D eigenvalue weighted by atomic mass is 16.4. The first-order chi connectivity index (χ1) is 8.21. The summed E-state index contributed by atoms with van der Waals surface area (Å²) in [7, 11) is 0. The zero-order valence-corrected chi connectivity index (χ0v) is 11.7. The van der Waals surface area contributed by atoms with Crippen LogP contribution in [0.15, 0.2) is 0 Å². The molecule has 3 N–H and O–H groups in total. The molecule has 1 aliphatic rings. The van der Waals surface area contributed by atoms with Gasteiger partial charge in [-0.3, -0.25) is 4.79 Å². The van der Waals surface area contributed by atoms with Crippen molar-refractivity contribution in [2.45, 2.75) is 40.5 Å². The molecule has 0 heterocycles. The number of nitrogens with one attached hydrogen (secondary N) is 2. The van der Waals surface area contributed by atoms with E-state index >= 15 is 0 Å². The molecular formula is C13H24N2O3. The predicted octanol–water partition coefficient (Wildman–Crippen LogP) is 1.83. The normalized spacial score (nSPS) is 23.9. The van der Waals surface area contributed by atoms with Gasteiger partial charge in [0.1, 0.15) is 0 Å². The molecule has 1 fully saturated rings. The second-order valence-electron chi connectivity index (χ2n) is 6.17. The molecule has 2 unspecified atom stereocenters. The quantitative estimate of drug-likeness (QED) is 0.678. The first-order valence-corrected chi connectivity index (χ1v) is 6.46. The summed E-state index contributed by atoms with van der Waals surface area (Å²) in [5.74, 6) is -0.339. The fraction of sp³-hybridized carbons (Fsp3) is 0.846. The average molecular weight is 256 g/mol. The van der Waals surface area contributed by atoms with E-state index in [1.54, 1.807) is 13.8 Å². The van der Waals surface area contributed by atoms with Crippen molar-refractivity contribution in [2.24, 2.45) is 16.7 Å². The van der Waals surface area contributed by atoms with Crippen LogP contribution >= 0.6 is 0 Å². The largest absolute Gasteiger partial charge is 0.481 e. The van der Waals surface area contributed by atoms with E-state index in [1.807, 2.05) is 0 Å². The maximum Gasteiger partial charge on any atom is 0.314 e. The van der Waals surface area contributed by atoms with E-state index in [-0.39, 0.29) is 12.6 Å². The predicted molar refractivity (Wildman–Crippen MR) is 69.3 cm³/mol. The number of carbonyl (C=O) groups is 2. The summed E-state index contributed by atoms with van der Waals surface area (Å²) in [5.41, 5.74) is -0.553. The minimum Gasteiger partial charge on any atom is -0.481 e. The van der Waals surface area contributed by atoms with E-state index in [0.29, 0.717) is 24.3 Å². The van der Waals surface area contributed by atoms with Crippen LogP contribution < -0.4 is 10.6 Å². The molecule has 104 valence electrons. The van der Waals surface area contributed by atoms with Gasteiger partial charge in [-0.15, -0.1) is 0 Å². The van der Waals surface area contributed by atoms with E-state index in [1.165, 1.54) is 0 Å². The molecule has 0 bridgehead atoms. The van der Waals surface area contributed by atoms with Crippen molar-refractivity contribution in [1.82, 2.24) is 10.6 Å². The summed E-state index contributed by atoms with van der Waals surface area (Å²) < 4.78 is 0. The van der Waals surface area contributed by atoms with Gasteiger partial charge in [-0.05, 0) is 31.1 Å². The SMILES string of the molecule is CCC(C)(CNC(=O)NCC1CC1(C)C)C(=O)O. The Hall–Kier alpha value is -1.26. The average Bonchev–Trinajstić information content (AvgIpc) is 2.91. The van der Waals surface area contributed by atoms with Crippen LogP contribution in [0.4, 0.5) is 4.79 Å². The second-order valence-corrected chi connectivity index (χ2v) is 6.17. The molecule has 0 aromatic carbocycles. The zero-order valence-electron chi connectivity index (χ0n) is 11.7. The van der Waals surface area contributed by atoms with Crippen LogP contribution in [0.5, 0.6) is 0 Å². The molecule has 2 atom stereocenters. The van der Waals surface area contributed by atoms with Crippen molar-refractivity contribution in [3.05, 3.63) is 0 Å². The number of rotatable bonds is 6. The molecule has 0 aromatic heterocycles. The number of carboxylic acid groups (broad SMARTS) is 1. The zero-order chi connectivity index (χ0) is 14.0. The van der Waals surface area contributed by atoms with Crippen LogP contribution in [0.25, 0.3) is 0 Å². The van der Waals surface area contributed by atoms with Gasteiger partial charge in [0.05, 0.1) is 5.41 Å². The molecule has 18 heavy (non-hydrogen) atoms. The van der Waals surface area contributed by atoms with Gasteiger partial charge >= 0.3 is 12.0 Å². The summed E-state index contributed by atoms with van der Waals surface area (Å²) in [6.45, 7) is 8.61. The number of urea groups is 1. The Morgan fingerprint density at radius 3 is 2.33 bits per heavy atom. The number of carbonyl (C=O) groups excluding carboxylic acids is 1. The topological polar surface area (TPSA) is 78.4 Å². The highest BCUT2D eigenvalue weighted by molar-refractivity contribution is 5.77. The summed E-state index contributed by atoms with van der Waals surface area (Å²) in [4.78, 5) is 22.6. The molecule has 0 radical (unpaired) electrons. The molecule has 5 nitrogen and oxygen atoms in total. The van der Waals surface area contributed by atoms with Crippen LogP contribution in [0, 0.1) is 16.7 Å². The monoisotopic (exact) mass is 256 g/mol. The van der Waals surface area contributed by atoms with Gasteiger partial charge in [-0.25, -0.2) is 4.79 Å². The number of hydrogen-bond donors (Lipinski definition) is 3. The van der Waals surface area contributed by atoms with Crippen LogP contribution in [-0.2, 0) is 4.79 Å². The molecule has 2 amide bonds. The third-order valence-electron chi connectivity index (χ3n) is 4.16. The lowest BCUT2D eigenvalue weighted by Crippen LogP contribution is -2.45. The van der Waals surface area contributed by atoms with Crippen molar-refractivity contribution < 1.29 is 14.7 Å². The first kappa shape index (κ1) is 14.8. The fourth-order valence-corrected chi connectivity index (χ4v) is 1.83. The highest BCUT2D eigenvalue weighted by Gasteiger charge is 2.45. The van der Waals surface area contributed by atoms with Crippen molar-refractivity contribution in [3.8, 4) is 0 Å². The summed E-state index contributed by atoms with van der Waals surface area (Å²) in [5, 5.41) is 14.5. The minimum atomic E-state index is -0.893. The van der Waals surface area contributed by atoms with E-state index in [0.717, 1.165) is 6.42 Å². The molecule has 0 aromatic rings. The number of amides is 2. The first-order valence-electron chi connectivity index (χ1n) is 6.46. The molecule has 0 aliphatic heterocycles. The lowest BCUT2D eigenvalue weighted by molar-refractivity contribution is -0.147. The number of aliphatic carboxylic acids is 1. The lowest BCUT2D eigenvalue weighted by atomic mass is 9.88. The van der Waals surface area contributed by atoms with Crippen LogP contribution in [0.3, 0.4) is 0 Å². The van der Waals surface area contributed by atoms with Gasteiger partial charge in [-0.2, -0.15) is 0 Å². The standard InChI is InChI=1S/C13H24N2O3/c1-5-13(4,10(16)17)8-15-11(18)14-7-9-6-12(9,2)3/h9H,5-8H2,1-4H3,(H,16,17)(H2,14,15,18). The molecule has 0 saturated heterocycles. The lowest BCUT2D eigenvalue weighted by Gasteiger charge is -2.23. The Morgan fingerprint density at radius 2 is 1.94 bits per heavy atom. The molecular weight excluding hydrogens is 232 g/mol. The Balaban J connectivity index is 2.26. The van der Waals surface area contributed by atoms with E-state index < -0.39 is 11.4 Å². The van der Waals surface area contributed by atoms with E-state index in [9.17, 15) is 9.59 Å². The third kappa shape index (κ3) is 3.62. The van der Waals surface area contributed by atoms with Crippen molar-refractivity contribution >= 4 is 12.0 Å². The van der Waals surface area contributed by atoms with Crippen molar-refractivity contribution in [3.63, 3.8) is 0 Å². The third-order valence-corrected chi connectivity index (χ3v) is 4.16. The Morgan fingerprint density at radius 1 is 1.39 bits per heavy atom. The molecule has 0 spiro atoms. The number of hydrogen-bond acceptors (Lipinski definition) is 2. The van der Waals surface area contributed by atoms with Crippen LogP contribution in [0.1, 0.15) is 40.5 Å². The van der Waals surface area contributed by atoms with Crippen LogP contribution in [-0.4, -0.2) is 30.2 Å². The molecule has 1 aliphatic carbocycles.